The lowest BCUT2D eigenvalue weighted by Gasteiger charge is -2.23. The lowest BCUT2D eigenvalue weighted by atomic mass is 10.1. The molecular weight excluding hydrogens is 425 g/mol. The summed E-state index contributed by atoms with van der Waals surface area (Å²) in [5.74, 6) is 1.48. The zero-order valence-electron chi connectivity index (χ0n) is 15.9. The SMILES string of the molecule is C=C(F)CCC(=O)N(CCCCCc1nc(C2CC2)no1)c1cccc(Br)c1. The van der Waals surface area contributed by atoms with Gasteiger partial charge in [-0.05, 0) is 43.9 Å². The Kier molecular flexibility index (Phi) is 7.36. The highest BCUT2D eigenvalue weighted by Gasteiger charge is 2.28. The molecule has 1 heterocycles. The van der Waals surface area contributed by atoms with E-state index in [9.17, 15) is 9.18 Å². The average Bonchev–Trinajstić information content (AvgIpc) is 3.41. The predicted molar refractivity (Wildman–Crippen MR) is 110 cm³/mol. The number of carbonyl (C=O) groups excluding carboxylic acids is 1. The number of hydrogen-bond donors (Lipinski definition) is 0. The molecule has 0 aliphatic heterocycles. The standard InChI is InChI=1S/C21H25BrFN3O2/c1-15(23)9-12-20(27)26(18-7-5-6-17(22)14-18)13-4-2-3-8-19-24-21(25-28-19)16-10-11-16/h5-7,14,16H,1-4,8-13H2. The van der Waals surface area contributed by atoms with E-state index >= 15 is 0 Å². The molecule has 1 amide bonds. The number of benzene rings is 1. The van der Waals surface area contributed by atoms with Gasteiger partial charge in [-0.25, -0.2) is 4.39 Å². The number of amides is 1. The fraction of sp³-hybridized carbons (Fsp3) is 0.476. The van der Waals surface area contributed by atoms with E-state index in [4.69, 9.17) is 4.52 Å². The minimum atomic E-state index is -0.465. The number of aryl methyl sites for hydroxylation is 1. The zero-order chi connectivity index (χ0) is 19.9. The Morgan fingerprint density at radius 1 is 1.29 bits per heavy atom. The van der Waals surface area contributed by atoms with Crippen LogP contribution in [0.1, 0.15) is 62.6 Å². The van der Waals surface area contributed by atoms with Gasteiger partial charge in [0.2, 0.25) is 11.8 Å². The number of carbonyl (C=O) groups is 1. The van der Waals surface area contributed by atoms with Crippen molar-refractivity contribution in [1.82, 2.24) is 10.1 Å². The summed E-state index contributed by atoms with van der Waals surface area (Å²) in [6.07, 6.45) is 5.97. The van der Waals surface area contributed by atoms with E-state index < -0.39 is 5.83 Å². The summed E-state index contributed by atoms with van der Waals surface area (Å²) < 4.78 is 19.2. The first-order valence-electron chi connectivity index (χ1n) is 9.74. The number of anilines is 1. The lowest BCUT2D eigenvalue weighted by Crippen LogP contribution is -2.31. The number of allylic oxidation sites excluding steroid dienone is 1. The van der Waals surface area contributed by atoms with Gasteiger partial charge in [0.15, 0.2) is 5.82 Å². The van der Waals surface area contributed by atoms with Gasteiger partial charge < -0.3 is 9.42 Å². The molecule has 0 bridgehead atoms. The summed E-state index contributed by atoms with van der Waals surface area (Å²) in [5.41, 5.74) is 0.815. The fourth-order valence-corrected chi connectivity index (χ4v) is 3.41. The van der Waals surface area contributed by atoms with Crippen LogP contribution in [0.15, 0.2) is 45.7 Å². The van der Waals surface area contributed by atoms with E-state index in [1.54, 1.807) is 4.90 Å². The number of unbranched alkanes of at least 4 members (excludes halogenated alkanes) is 2. The molecule has 0 radical (unpaired) electrons. The molecule has 150 valence electrons. The maximum atomic E-state index is 13.0. The summed E-state index contributed by atoms with van der Waals surface area (Å²) in [5, 5.41) is 4.03. The van der Waals surface area contributed by atoms with Gasteiger partial charge in [0, 0.05) is 41.9 Å². The molecule has 1 aromatic carbocycles. The van der Waals surface area contributed by atoms with Crippen molar-refractivity contribution in [2.45, 2.75) is 57.3 Å². The Morgan fingerprint density at radius 2 is 2.11 bits per heavy atom. The average molecular weight is 450 g/mol. The molecule has 1 aliphatic rings. The second-order valence-corrected chi connectivity index (χ2v) is 8.09. The van der Waals surface area contributed by atoms with E-state index in [1.165, 1.54) is 0 Å². The third-order valence-electron chi connectivity index (χ3n) is 4.73. The first-order valence-corrected chi connectivity index (χ1v) is 10.5. The molecule has 0 N–H and O–H groups in total. The molecule has 0 unspecified atom stereocenters. The Bertz CT molecular complexity index is 819. The summed E-state index contributed by atoms with van der Waals surface area (Å²) in [7, 11) is 0. The van der Waals surface area contributed by atoms with Gasteiger partial charge in [-0.1, -0.05) is 40.2 Å². The van der Waals surface area contributed by atoms with Crippen LogP contribution in [0.5, 0.6) is 0 Å². The van der Waals surface area contributed by atoms with Crippen molar-refractivity contribution in [1.29, 1.82) is 0 Å². The molecule has 28 heavy (non-hydrogen) atoms. The van der Waals surface area contributed by atoms with Gasteiger partial charge in [-0.15, -0.1) is 0 Å². The maximum absolute atomic E-state index is 13.0. The molecule has 0 atom stereocenters. The van der Waals surface area contributed by atoms with E-state index in [0.717, 1.165) is 54.5 Å². The van der Waals surface area contributed by atoms with Crippen LogP contribution >= 0.6 is 15.9 Å². The Balaban J connectivity index is 1.48. The third-order valence-corrected chi connectivity index (χ3v) is 5.22. The Labute approximate surface area is 173 Å². The van der Waals surface area contributed by atoms with Crippen LogP contribution in [0.4, 0.5) is 10.1 Å². The van der Waals surface area contributed by atoms with Gasteiger partial charge in [0.1, 0.15) is 0 Å². The molecule has 2 aromatic rings. The summed E-state index contributed by atoms with van der Waals surface area (Å²) >= 11 is 3.44. The second-order valence-electron chi connectivity index (χ2n) is 7.17. The van der Waals surface area contributed by atoms with Gasteiger partial charge >= 0.3 is 0 Å². The van der Waals surface area contributed by atoms with E-state index in [-0.39, 0.29) is 18.7 Å². The lowest BCUT2D eigenvalue weighted by molar-refractivity contribution is -0.118. The third kappa shape index (κ3) is 6.26. The van der Waals surface area contributed by atoms with E-state index in [1.807, 2.05) is 24.3 Å². The highest BCUT2D eigenvalue weighted by Crippen LogP contribution is 2.38. The van der Waals surface area contributed by atoms with Crippen LogP contribution in [0, 0.1) is 0 Å². The quantitative estimate of drug-likeness (QED) is 0.411. The van der Waals surface area contributed by atoms with Crippen molar-refractivity contribution in [3.05, 3.63) is 52.9 Å². The minimum Gasteiger partial charge on any atom is -0.339 e. The van der Waals surface area contributed by atoms with E-state index in [2.05, 4.69) is 32.6 Å². The first-order chi connectivity index (χ1) is 13.5. The minimum absolute atomic E-state index is 0.0594. The zero-order valence-corrected chi connectivity index (χ0v) is 17.5. The molecule has 1 aliphatic carbocycles. The number of hydrogen-bond acceptors (Lipinski definition) is 4. The second kappa shape index (κ2) is 9.96. The molecule has 1 aromatic heterocycles. The van der Waals surface area contributed by atoms with E-state index in [0.29, 0.717) is 18.4 Å². The topological polar surface area (TPSA) is 59.2 Å². The highest BCUT2D eigenvalue weighted by molar-refractivity contribution is 9.10. The van der Waals surface area contributed by atoms with Crippen LogP contribution in [0.2, 0.25) is 0 Å². The molecule has 0 saturated heterocycles. The van der Waals surface area contributed by atoms with Crippen molar-refractivity contribution in [3.8, 4) is 0 Å². The van der Waals surface area contributed by atoms with Crippen LogP contribution in [0.3, 0.4) is 0 Å². The molecule has 1 fully saturated rings. The summed E-state index contributed by atoms with van der Waals surface area (Å²) in [6, 6.07) is 7.60. The van der Waals surface area contributed by atoms with Gasteiger partial charge in [-0.2, -0.15) is 4.98 Å². The molecule has 1 saturated carbocycles. The van der Waals surface area contributed by atoms with Gasteiger partial charge in [-0.3, -0.25) is 4.79 Å². The maximum Gasteiger partial charge on any atom is 0.227 e. The first kappa shape index (κ1) is 20.7. The molecular formula is C21H25BrFN3O2. The largest absolute Gasteiger partial charge is 0.339 e. The van der Waals surface area contributed by atoms with Crippen LogP contribution < -0.4 is 4.90 Å². The summed E-state index contributed by atoms with van der Waals surface area (Å²) in [4.78, 5) is 18.8. The highest BCUT2D eigenvalue weighted by atomic mass is 79.9. The molecule has 0 spiro atoms. The fourth-order valence-electron chi connectivity index (χ4n) is 3.02. The number of rotatable bonds is 11. The predicted octanol–water partition coefficient (Wildman–Crippen LogP) is 5.72. The van der Waals surface area contributed by atoms with Crippen LogP contribution in [-0.4, -0.2) is 22.6 Å². The number of aromatic nitrogens is 2. The number of nitrogens with zero attached hydrogens (tertiary/aromatic N) is 3. The Morgan fingerprint density at radius 3 is 2.82 bits per heavy atom. The van der Waals surface area contributed by atoms with Gasteiger partial charge in [0.25, 0.3) is 0 Å². The normalized spacial score (nSPS) is 13.5. The Hall–Kier alpha value is -2.02. The van der Waals surface area contributed by atoms with Gasteiger partial charge in [0.05, 0.1) is 5.83 Å². The van der Waals surface area contributed by atoms with Crippen LogP contribution in [-0.2, 0) is 11.2 Å². The molecule has 5 nitrogen and oxygen atoms in total. The van der Waals surface area contributed by atoms with Crippen molar-refractivity contribution in [3.63, 3.8) is 0 Å². The number of halogens is 2. The summed E-state index contributed by atoms with van der Waals surface area (Å²) in [6.45, 7) is 3.83. The smallest absolute Gasteiger partial charge is 0.227 e. The van der Waals surface area contributed by atoms with Crippen LogP contribution in [0.25, 0.3) is 0 Å². The molecule has 7 heteroatoms. The van der Waals surface area contributed by atoms with Crippen molar-refractivity contribution in [2.75, 3.05) is 11.4 Å². The van der Waals surface area contributed by atoms with Crippen molar-refractivity contribution >= 4 is 27.5 Å². The van der Waals surface area contributed by atoms with Crippen molar-refractivity contribution < 1.29 is 13.7 Å². The monoisotopic (exact) mass is 449 g/mol. The van der Waals surface area contributed by atoms with Crippen molar-refractivity contribution in [2.24, 2.45) is 0 Å². The molecule has 3 rings (SSSR count).